The number of aromatic nitrogens is 3. The first-order valence-electron chi connectivity index (χ1n) is 15.3. The summed E-state index contributed by atoms with van der Waals surface area (Å²) in [5, 5.41) is 4.40. The smallest absolute Gasteiger partial charge is 0.225 e. The fraction of sp³-hybridized carbons (Fsp3) is 0.594. The van der Waals surface area contributed by atoms with Crippen LogP contribution < -0.4 is 10.2 Å². The van der Waals surface area contributed by atoms with Crippen molar-refractivity contribution in [1.29, 1.82) is 0 Å². The molecule has 3 aliphatic rings. The van der Waals surface area contributed by atoms with E-state index in [0.717, 1.165) is 80.7 Å². The quantitative estimate of drug-likeness (QED) is 0.392. The van der Waals surface area contributed by atoms with Crippen molar-refractivity contribution in [3.63, 3.8) is 0 Å². The predicted octanol–water partition coefficient (Wildman–Crippen LogP) is 4.68. The summed E-state index contributed by atoms with van der Waals surface area (Å²) in [5.41, 5.74) is 2.18. The third kappa shape index (κ3) is 6.82. The zero-order valence-corrected chi connectivity index (χ0v) is 25.4. The Hall–Kier alpha value is -3.18. The Morgan fingerprint density at radius 3 is 2.51 bits per heavy atom. The van der Waals surface area contributed by atoms with Gasteiger partial charge >= 0.3 is 0 Å². The number of piperidine rings is 1. The van der Waals surface area contributed by atoms with Crippen molar-refractivity contribution < 1.29 is 17.9 Å². The minimum Gasteiger partial charge on any atom is -0.377 e. The third-order valence-electron chi connectivity index (χ3n) is 9.25. The van der Waals surface area contributed by atoms with E-state index in [9.17, 15) is 13.2 Å². The molecule has 3 fully saturated rings. The van der Waals surface area contributed by atoms with Gasteiger partial charge in [-0.2, -0.15) is 4.98 Å². The Labute approximate surface area is 255 Å². The Morgan fingerprint density at radius 2 is 1.79 bits per heavy atom. The van der Waals surface area contributed by atoms with Gasteiger partial charge in [0.1, 0.15) is 15.7 Å². The van der Waals surface area contributed by atoms with Crippen LogP contribution >= 0.6 is 0 Å². The van der Waals surface area contributed by atoms with Crippen LogP contribution in [0.15, 0.2) is 42.7 Å². The number of anilines is 2. The Morgan fingerprint density at radius 1 is 1.02 bits per heavy atom. The van der Waals surface area contributed by atoms with E-state index in [1.54, 1.807) is 6.20 Å². The summed E-state index contributed by atoms with van der Waals surface area (Å²) in [5.74, 6) is 1.76. The second-order valence-corrected chi connectivity index (χ2v) is 14.3. The number of amides is 1. The van der Waals surface area contributed by atoms with Crippen LogP contribution in [0.4, 0.5) is 11.6 Å². The SMILES string of the molecule is C.CCO[C@H]1CCN(C(=O)C2CCC(Nc3nccc(-n4ccc5c(N6CCC(S(C)(=O)=O)CC6)cccc54)n3)CC2)C1. The van der Waals surface area contributed by atoms with Crippen LogP contribution in [0, 0.1) is 5.92 Å². The number of hydrogen-bond acceptors (Lipinski definition) is 8. The molecular formula is C32H46N6O4S. The molecule has 0 unspecified atom stereocenters. The van der Waals surface area contributed by atoms with E-state index in [0.29, 0.717) is 25.4 Å². The van der Waals surface area contributed by atoms with E-state index >= 15 is 0 Å². The highest BCUT2D eigenvalue weighted by molar-refractivity contribution is 7.91. The first-order valence-corrected chi connectivity index (χ1v) is 17.3. The molecule has 0 radical (unpaired) electrons. The van der Waals surface area contributed by atoms with Crippen molar-refractivity contribution in [3.05, 3.63) is 42.7 Å². The summed E-state index contributed by atoms with van der Waals surface area (Å²) in [6.07, 6.45) is 11.2. The molecule has 2 aromatic heterocycles. The molecule has 1 atom stereocenters. The monoisotopic (exact) mass is 610 g/mol. The molecule has 2 aliphatic heterocycles. The zero-order valence-electron chi connectivity index (χ0n) is 24.6. The van der Waals surface area contributed by atoms with Crippen LogP contribution in [0.2, 0.25) is 0 Å². The molecule has 1 aliphatic carbocycles. The molecule has 4 heterocycles. The maximum atomic E-state index is 13.1. The summed E-state index contributed by atoms with van der Waals surface area (Å²) >= 11 is 0. The number of sulfone groups is 1. The Bertz CT molecular complexity index is 1510. The van der Waals surface area contributed by atoms with Gasteiger partial charge in [-0.25, -0.2) is 13.4 Å². The minimum atomic E-state index is -3.01. The van der Waals surface area contributed by atoms with Crippen LogP contribution in [0.25, 0.3) is 16.7 Å². The Balaban J connectivity index is 0.00000368. The average Bonchev–Trinajstić information content (AvgIpc) is 3.65. The lowest BCUT2D eigenvalue weighted by Crippen LogP contribution is -2.39. The average molecular weight is 611 g/mol. The molecule has 234 valence electrons. The first kappa shape index (κ1) is 31.3. The summed E-state index contributed by atoms with van der Waals surface area (Å²) in [4.78, 5) is 26.7. The van der Waals surface area contributed by atoms with Gasteiger partial charge in [-0.15, -0.1) is 0 Å². The minimum absolute atomic E-state index is 0. The summed E-state index contributed by atoms with van der Waals surface area (Å²) in [6.45, 7) is 5.68. The fourth-order valence-corrected chi connectivity index (χ4v) is 8.00. The number of carbonyl (C=O) groups is 1. The van der Waals surface area contributed by atoms with E-state index in [4.69, 9.17) is 9.72 Å². The van der Waals surface area contributed by atoms with E-state index in [-0.39, 0.29) is 36.6 Å². The van der Waals surface area contributed by atoms with Gasteiger partial charge < -0.3 is 24.4 Å². The highest BCUT2D eigenvalue weighted by atomic mass is 32.2. The number of nitrogens with one attached hydrogen (secondary N) is 1. The van der Waals surface area contributed by atoms with E-state index in [2.05, 4.69) is 44.0 Å². The highest BCUT2D eigenvalue weighted by Gasteiger charge is 2.34. The largest absolute Gasteiger partial charge is 0.377 e. The lowest BCUT2D eigenvalue weighted by atomic mass is 9.85. The summed E-state index contributed by atoms with van der Waals surface area (Å²) in [6, 6.07) is 10.5. The van der Waals surface area contributed by atoms with Crippen LogP contribution in [0.5, 0.6) is 0 Å². The lowest BCUT2D eigenvalue weighted by molar-refractivity contribution is -0.136. The van der Waals surface area contributed by atoms with E-state index in [1.807, 2.05) is 24.1 Å². The third-order valence-corrected chi connectivity index (χ3v) is 10.9. The predicted molar refractivity (Wildman–Crippen MR) is 172 cm³/mol. The van der Waals surface area contributed by atoms with Crippen LogP contribution in [-0.2, 0) is 19.4 Å². The van der Waals surface area contributed by atoms with Crippen molar-refractivity contribution in [2.24, 2.45) is 5.92 Å². The number of carbonyl (C=O) groups excluding carboxylic acids is 1. The van der Waals surface area contributed by atoms with Gasteiger partial charge in [-0.1, -0.05) is 13.5 Å². The van der Waals surface area contributed by atoms with Crippen molar-refractivity contribution >= 4 is 38.3 Å². The van der Waals surface area contributed by atoms with Crippen molar-refractivity contribution in [2.45, 2.75) is 76.7 Å². The molecule has 1 amide bonds. The summed E-state index contributed by atoms with van der Waals surface area (Å²) in [7, 11) is -3.01. The number of rotatable bonds is 8. The van der Waals surface area contributed by atoms with Crippen LogP contribution in [-0.4, -0.2) is 90.2 Å². The van der Waals surface area contributed by atoms with E-state index in [1.165, 1.54) is 6.26 Å². The molecular weight excluding hydrogens is 564 g/mol. The molecule has 1 aromatic carbocycles. The molecule has 0 spiro atoms. The lowest BCUT2D eigenvalue weighted by Gasteiger charge is -2.33. The van der Waals surface area contributed by atoms with E-state index < -0.39 is 9.84 Å². The second-order valence-electron chi connectivity index (χ2n) is 12.0. The number of hydrogen-bond donors (Lipinski definition) is 1. The molecule has 0 bridgehead atoms. The normalized spacial score (nSPS) is 23.3. The molecule has 2 saturated heterocycles. The zero-order chi connectivity index (χ0) is 29.3. The van der Waals surface area contributed by atoms with Gasteiger partial charge in [0.05, 0.1) is 16.9 Å². The Kier molecular flexibility index (Phi) is 9.60. The maximum Gasteiger partial charge on any atom is 0.225 e. The molecule has 11 heteroatoms. The standard InChI is InChI=1S/C31H42N6O4S.CH4/c1-3-41-24-12-17-36(21-24)30(38)22-7-9-23(10-8-22)33-31-32-16-11-29(34-31)37-20-15-26-27(5-4-6-28(26)37)35-18-13-25(14-19-35)42(2,39)40;/h4-6,11,15-16,20,22-25H,3,7-10,12-14,17-19,21H2,1-2H3,(H,32,33,34);1H4/t22?,23?,24-;/m0./s1. The second kappa shape index (κ2) is 13.2. The highest BCUT2D eigenvalue weighted by Crippen LogP contribution is 2.33. The molecule has 3 aromatic rings. The molecule has 1 N–H and O–H groups in total. The number of nitrogens with zero attached hydrogens (tertiary/aromatic N) is 5. The van der Waals surface area contributed by atoms with Gasteiger partial charge in [0.2, 0.25) is 11.9 Å². The van der Waals surface area contributed by atoms with Gasteiger partial charge in [0, 0.05) is 74.5 Å². The van der Waals surface area contributed by atoms with Gasteiger partial charge in [-0.05, 0) is 76.1 Å². The van der Waals surface area contributed by atoms with Crippen molar-refractivity contribution in [3.8, 4) is 5.82 Å². The topological polar surface area (TPSA) is 110 Å². The molecule has 6 rings (SSSR count). The number of benzene rings is 1. The fourth-order valence-electron chi connectivity index (χ4n) is 6.93. The molecule has 43 heavy (non-hydrogen) atoms. The summed E-state index contributed by atoms with van der Waals surface area (Å²) < 4.78 is 31.8. The van der Waals surface area contributed by atoms with Crippen LogP contribution in [0.1, 0.15) is 59.3 Å². The van der Waals surface area contributed by atoms with Gasteiger partial charge in [0.15, 0.2) is 0 Å². The first-order chi connectivity index (χ1) is 20.3. The number of fused-ring (bicyclic) bond motifs is 1. The molecule has 10 nitrogen and oxygen atoms in total. The van der Waals surface area contributed by atoms with Gasteiger partial charge in [-0.3, -0.25) is 4.79 Å². The molecule has 1 saturated carbocycles. The van der Waals surface area contributed by atoms with Crippen molar-refractivity contribution in [1.82, 2.24) is 19.4 Å². The van der Waals surface area contributed by atoms with Gasteiger partial charge in [0.25, 0.3) is 0 Å². The van der Waals surface area contributed by atoms with Crippen LogP contribution in [0.3, 0.4) is 0 Å². The van der Waals surface area contributed by atoms with Crippen molar-refractivity contribution in [2.75, 3.05) is 49.3 Å². The number of ether oxygens (including phenoxy) is 1. The maximum absolute atomic E-state index is 13.1. The number of likely N-dealkylation sites (tertiary alicyclic amines) is 1.